The summed E-state index contributed by atoms with van der Waals surface area (Å²) in [5, 5.41) is 5.42. The number of ether oxygens (including phenoxy) is 2. The number of carbonyl (C=O) groups excluding carboxylic acids is 4. The van der Waals surface area contributed by atoms with Crippen molar-refractivity contribution in [2.75, 3.05) is 44.8 Å². The molecule has 30 heavy (non-hydrogen) atoms. The van der Waals surface area contributed by atoms with Crippen LogP contribution in [0.1, 0.15) is 40.0 Å². The number of imide groups is 1. The first-order valence-electron chi connectivity index (χ1n) is 10.2. The zero-order chi connectivity index (χ0) is 21.5. The highest BCUT2D eigenvalue weighted by molar-refractivity contribution is 6.18. The fourth-order valence-corrected chi connectivity index (χ4v) is 3.88. The van der Waals surface area contributed by atoms with Gasteiger partial charge in [0.1, 0.15) is 0 Å². The second-order valence-electron chi connectivity index (χ2n) is 7.32. The minimum Gasteiger partial charge on any atom is -0.382 e. The molecule has 1 aromatic rings. The number of benzene rings is 1. The first-order valence-corrected chi connectivity index (χ1v) is 10.2. The van der Waals surface area contributed by atoms with E-state index in [9.17, 15) is 19.2 Å². The Hall–Kier alpha value is -2.62. The van der Waals surface area contributed by atoms with Crippen molar-refractivity contribution in [2.45, 2.75) is 19.3 Å². The summed E-state index contributed by atoms with van der Waals surface area (Å²) in [6.07, 6.45) is 0.430. The van der Waals surface area contributed by atoms with Gasteiger partial charge >= 0.3 is 0 Å². The SMILES string of the molecule is NCCOCCOCCNc1cccc2c1C(=O)CC(C1CCC(=O)NC1=O)C2=O. The molecule has 1 saturated heterocycles. The van der Waals surface area contributed by atoms with Crippen LogP contribution < -0.4 is 16.4 Å². The van der Waals surface area contributed by atoms with E-state index in [1.165, 1.54) is 0 Å². The van der Waals surface area contributed by atoms with Gasteiger partial charge in [-0.25, -0.2) is 0 Å². The monoisotopic (exact) mass is 417 g/mol. The lowest BCUT2D eigenvalue weighted by molar-refractivity contribution is -0.137. The topological polar surface area (TPSA) is 137 Å². The molecule has 9 heteroatoms. The summed E-state index contributed by atoms with van der Waals surface area (Å²) in [5.74, 6) is -2.60. The van der Waals surface area contributed by atoms with Gasteiger partial charge in [-0.05, 0) is 12.5 Å². The number of Topliss-reactive ketones (excluding diaryl/α,β-unsaturated/α-hetero) is 2. The highest BCUT2D eigenvalue weighted by atomic mass is 16.5. The second-order valence-corrected chi connectivity index (χ2v) is 7.32. The van der Waals surface area contributed by atoms with E-state index in [4.69, 9.17) is 15.2 Å². The van der Waals surface area contributed by atoms with E-state index in [1.54, 1.807) is 18.2 Å². The zero-order valence-electron chi connectivity index (χ0n) is 16.8. The summed E-state index contributed by atoms with van der Waals surface area (Å²) in [4.78, 5) is 49.5. The molecule has 0 aromatic heterocycles. The van der Waals surface area contributed by atoms with Crippen LogP contribution in [0.4, 0.5) is 5.69 Å². The Morgan fingerprint density at radius 2 is 1.80 bits per heavy atom. The molecule has 9 nitrogen and oxygen atoms in total. The molecule has 0 saturated carbocycles. The molecular weight excluding hydrogens is 390 g/mol. The fourth-order valence-electron chi connectivity index (χ4n) is 3.88. The Bertz CT molecular complexity index is 825. The lowest BCUT2D eigenvalue weighted by atomic mass is 9.72. The normalized spacial score (nSPS) is 21.4. The first-order chi connectivity index (χ1) is 14.5. The third kappa shape index (κ3) is 5.10. The molecule has 1 aromatic carbocycles. The minimum atomic E-state index is -0.731. The molecule has 1 heterocycles. The van der Waals surface area contributed by atoms with Gasteiger partial charge in [-0.3, -0.25) is 24.5 Å². The lowest BCUT2D eigenvalue weighted by Gasteiger charge is -2.31. The third-order valence-electron chi connectivity index (χ3n) is 5.31. The number of nitrogens with one attached hydrogen (secondary N) is 2. The Balaban J connectivity index is 1.61. The van der Waals surface area contributed by atoms with Gasteiger partial charge in [-0.2, -0.15) is 0 Å². The number of anilines is 1. The maximum atomic E-state index is 13.0. The van der Waals surface area contributed by atoms with E-state index in [1.807, 2.05) is 0 Å². The van der Waals surface area contributed by atoms with E-state index >= 15 is 0 Å². The molecule has 2 amide bonds. The number of rotatable bonds is 10. The number of amides is 2. The average Bonchev–Trinajstić information content (AvgIpc) is 2.73. The quantitative estimate of drug-likeness (QED) is 0.370. The average molecular weight is 417 g/mol. The molecule has 2 unspecified atom stereocenters. The van der Waals surface area contributed by atoms with E-state index in [0.29, 0.717) is 56.3 Å². The van der Waals surface area contributed by atoms with Crippen molar-refractivity contribution in [2.24, 2.45) is 17.6 Å². The number of hydrogen-bond acceptors (Lipinski definition) is 8. The van der Waals surface area contributed by atoms with Crippen LogP contribution in [-0.4, -0.2) is 62.9 Å². The van der Waals surface area contributed by atoms with Crippen molar-refractivity contribution in [1.82, 2.24) is 5.32 Å². The Morgan fingerprint density at radius 1 is 1.03 bits per heavy atom. The molecule has 1 aliphatic heterocycles. The van der Waals surface area contributed by atoms with Crippen LogP contribution in [0.15, 0.2) is 18.2 Å². The van der Waals surface area contributed by atoms with E-state index < -0.39 is 17.7 Å². The van der Waals surface area contributed by atoms with Gasteiger partial charge in [0, 0.05) is 49.0 Å². The van der Waals surface area contributed by atoms with Crippen molar-refractivity contribution in [3.63, 3.8) is 0 Å². The van der Waals surface area contributed by atoms with E-state index in [2.05, 4.69) is 10.6 Å². The fraction of sp³-hybridized carbons (Fsp3) is 0.524. The summed E-state index contributed by atoms with van der Waals surface area (Å²) in [7, 11) is 0. The van der Waals surface area contributed by atoms with Crippen molar-refractivity contribution < 1.29 is 28.7 Å². The van der Waals surface area contributed by atoms with E-state index in [-0.39, 0.29) is 36.7 Å². The van der Waals surface area contributed by atoms with Crippen molar-refractivity contribution >= 4 is 29.1 Å². The van der Waals surface area contributed by atoms with Crippen molar-refractivity contribution in [1.29, 1.82) is 0 Å². The van der Waals surface area contributed by atoms with Gasteiger partial charge in [0.05, 0.1) is 32.0 Å². The predicted molar refractivity (Wildman–Crippen MR) is 108 cm³/mol. The van der Waals surface area contributed by atoms with Crippen LogP contribution in [-0.2, 0) is 19.1 Å². The molecule has 4 N–H and O–H groups in total. The van der Waals surface area contributed by atoms with Crippen molar-refractivity contribution in [3.8, 4) is 0 Å². The molecular formula is C21H27N3O6. The van der Waals surface area contributed by atoms with Gasteiger partial charge < -0.3 is 20.5 Å². The zero-order valence-corrected chi connectivity index (χ0v) is 16.8. The van der Waals surface area contributed by atoms with Gasteiger partial charge in [0.2, 0.25) is 11.8 Å². The number of ketones is 2. The summed E-state index contributed by atoms with van der Waals surface area (Å²) in [6, 6.07) is 5.07. The molecule has 2 aliphatic rings. The second kappa shape index (κ2) is 10.4. The highest BCUT2D eigenvalue weighted by Gasteiger charge is 2.43. The number of fused-ring (bicyclic) bond motifs is 1. The predicted octanol–water partition coefficient (Wildman–Crippen LogP) is 0.529. The van der Waals surface area contributed by atoms with Crippen LogP contribution in [0.25, 0.3) is 0 Å². The molecule has 0 radical (unpaired) electrons. The third-order valence-corrected chi connectivity index (χ3v) is 5.31. The minimum absolute atomic E-state index is 0.0359. The van der Waals surface area contributed by atoms with Crippen LogP contribution in [0.5, 0.6) is 0 Å². The summed E-state index contributed by atoms with van der Waals surface area (Å²) >= 11 is 0. The van der Waals surface area contributed by atoms with Crippen LogP contribution >= 0.6 is 0 Å². The first kappa shape index (κ1) is 22.1. The summed E-state index contributed by atoms with van der Waals surface area (Å²) in [6.45, 7) is 2.75. The van der Waals surface area contributed by atoms with Gasteiger partial charge in [-0.1, -0.05) is 12.1 Å². The number of nitrogens with two attached hydrogens (primary N) is 1. The lowest BCUT2D eigenvalue weighted by Crippen LogP contribution is -2.47. The Kier molecular flexibility index (Phi) is 7.67. The molecule has 0 spiro atoms. The van der Waals surface area contributed by atoms with Crippen LogP contribution in [0.3, 0.4) is 0 Å². The molecule has 1 aliphatic carbocycles. The van der Waals surface area contributed by atoms with Crippen molar-refractivity contribution in [3.05, 3.63) is 29.3 Å². The Morgan fingerprint density at radius 3 is 2.53 bits per heavy atom. The number of hydrogen-bond donors (Lipinski definition) is 3. The van der Waals surface area contributed by atoms with E-state index in [0.717, 1.165) is 0 Å². The smallest absolute Gasteiger partial charge is 0.230 e. The molecule has 3 rings (SSSR count). The maximum absolute atomic E-state index is 13.0. The highest BCUT2D eigenvalue weighted by Crippen LogP contribution is 2.36. The van der Waals surface area contributed by atoms with Gasteiger partial charge in [0.25, 0.3) is 0 Å². The van der Waals surface area contributed by atoms with Gasteiger partial charge in [-0.15, -0.1) is 0 Å². The van der Waals surface area contributed by atoms with Gasteiger partial charge in [0.15, 0.2) is 11.6 Å². The standard InChI is InChI=1S/C21H27N3O6/c22-6-8-29-10-11-30-9-7-23-16-3-1-2-14-19(16)17(25)12-15(20(14)27)13-4-5-18(26)24-21(13)28/h1-3,13,15,23H,4-12,22H2,(H,24,26,28). The van der Waals surface area contributed by atoms with Crippen LogP contribution in [0.2, 0.25) is 0 Å². The molecule has 2 atom stereocenters. The molecule has 162 valence electrons. The molecule has 1 fully saturated rings. The maximum Gasteiger partial charge on any atom is 0.230 e. The number of piperidine rings is 1. The van der Waals surface area contributed by atoms with Crippen LogP contribution in [0, 0.1) is 11.8 Å². The largest absolute Gasteiger partial charge is 0.382 e. The Labute approximate surface area is 174 Å². The summed E-state index contributed by atoms with van der Waals surface area (Å²) < 4.78 is 10.7. The summed E-state index contributed by atoms with van der Waals surface area (Å²) in [5.41, 5.74) is 6.59. The molecule has 0 bridgehead atoms. The number of carbonyl (C=O) groups is 4.